The Morgan fingerprint density at radius 2 is 1.85 bits per heavy atom. The van der Waals surface area contributed by atoms with E-state index in [0.29, 0.717) is 11.1 Å². The molecule has 0 amide bonds. The van der Waals surface area contributed by atoms with Crippen LogP contribution in [0, 0.1) is 11.3 Å². The molecule has 0 radical (unpaired) electrons. The van der Waals surface area contributed by atoms with Crippen LogP contribution in [0.2, 0.25) is 0 Å². The number of hydrogen-bond donors (Lipinski definition) is 0. The first-order valence-corrected chi connectivity index (χ1v) is 7.61. The molecule has 0 aliphatic rings. The van der Waals surface area contributed by atoms with Gasteiger partial charge in [-0.05, 0) is 23.3 Å². The smallest absolute Gasteiger partial charge is 0.303 e. The van der Waals surface area contributed by atoms with Crippen molar-refractivity contribution in [3.63, 3.8) is 0 Å². The number of pyridine rings is 2. The van der Waals surface area contributed by atoms with Crippen LogP contribution in [0.15, 0.2) is 65.7 Å². The predicted octanol–water partition coefficient (Wildman–Crippen LogP) is 3.85. The summed E-state index contributed by atoms with van der Waals surface area (Å²) in [6.07, 6.45) is -1.73. The number of rotatable bonds is 3. The first kappa shape index (κ1) is 17.4. The third-order valence-electron chi connectivity index (χ3n) is 3.85. The van der Waals surface area contributed by atoms with Crippen molar-refractivity contribution in [2.75, 3.05) is 0 Å². The SMILES string of the molecule is N#Cc1c(C(F)(F)F)cc(-c2ccccc2)n(Cc2cccnc2)c1=O. The summed E-state index contributed by atoms with van der Waals surface area (Å²) in [5.74, 6) is 0. The summed E-state index contributed by atoms with van der Waals surface area (Å²) in [4.78, 5) is 16.6. The molecule has 4 nitrogen and oxygen atoms in total. The van der Waals surface area contributed by atoms with Gasteiger partial charge in [0.2, 0.25) is 0 Å². The Kier molecular flexibility index (Phi) is 4.59. The molecular weight excluding hydrogens is 343 g/mol. The van der Waals surface area contributed by atoms with Crippen LogP contribution in [0.5, 0.6) is 0 Å². The normalized spacial score (nSPS) is 11.2. The van der Waals surface area contributed by atoms with Crippen molar-refractivity contribution < 1.29 is 13.2 Å². The highest BCUT2D eigenvalue weighted by atomic mass is 19.4. The maximum atomic E-state index is 13.4. The van der Waals surface area contributed by atoms with Gasteiger partial charge in [-0.3, -0.25) is 9.78 Å². The molecule has 0 aliphatic heterocycles. The average molecular weight is 355 g/mol. The van der Waals surface area contributed by atoms with Gasteiger partial charge in [0.25, 0.3) is 5.56 Å². The van der Waals surface area contributed by atoms with E-state index in [1.165, 1.54) is 16.8 Å². The summed E-state index contributed by atoms with van der Waals surface area (Å²) in [7, 11) is 0. The van der Waals surface area contributed by atoms with Crippen molar-refractivity contribution in [1.29, 1.82) is 5.26 Å². The number of halogens is 3. The molecule has 0 bridgehead atoms. The fourth-order valence-corrected chi connectivity index (χ4v) is 2.66. The molecule has 0 atom stereocenters. The molecule has 26 heavy (non-hydrogen) atoms. The van der Waals surface area contributed by atoms with Crippen LogP contribution in [0.4, 0.5) is 13.2 Å². The second-order valence-corrected chi connectivity index (χ2v) is 5.55. The number of aromatic nitrogens is 2. The van der Waals surface area contributed by atoms with Gasteiger partial charge in [-0.1, -0.05) is 36.4 Å². The van der Waals surface area contributed by atoms with E-state index in [1.807, 2.05) is 0 Å². The minimum absolute atomic E-state index is 0.00369. The standard InChI is InChI=1S/C19H12F3N3O/c20-19(21,22)16-9-17(14-6-2-1-3-7-14)25(18(26)15(16)10-23)12-13-5-4-8-24-11-13/h1-9,11H,12H2. The highest BCUT2D eigenvalue weighted by Crippen LogP contribution is 2.33. The quantitative estimate of drug-likeness (QED) is 0.717. The van der Waals surface area contributed by atoms with Crippen LogP contribution in [-0.2, 0) is 12.7 Å². The highest BCUT2D eigenvalue weighted by Gasteiger charge is 2.36. The van der Waals surface area contributed by atoms with E-state index in [0.717, 1.165) is 6.07 Å². The number of benzene rings is 1. The lowest BCUT2D eigenvalue weighted by molar-refractivity contribution is -0.137. The number of nitrogens with zero attached hydrogens (tertiary/aromatic N) is 3. The molecule has 2 heterocycles. The zero-order valence-electron chi connectivity index (χ0n) is 13.4. The summed E-state index contributed by atoms with van der Waals surface area (Å²) in [5.41, 5.74) is -1.96. The van der Waals surface area contributed by atoms with Crippen LogP contribution in [0.1, 0.15) is 16.7 Å². The Labute approximate surface area is 146 Å². The Morgan fingerprint density at radius 1 is 1.12 bits per heavy atom. The summed E-state index contributed by atoms with van der Waals surface area (Å²) in [6, 6.07) is 13.9. The predicted molar refractivity (Wildman–Crippen MR) is 89.2 cm³/mol. The van der Waals surface area contributed by atoms with Gasteiger partial charge < -0.3 is 4.57 Å². The van der Waals surface area contributed by atoms with Crippen LogP contribution in [0.3, 0.4) is 0 Å². The third-order valence-corrected chi connectivity index (χ3v) is 3.85. The molecule has 7 heteroatoms. The van der Waals surface area contributed by atoms with Crippen molar-refractivity contribution in [2.24, 2.45) is 0 Å². The highest BCUT2D eigenvalue weighted by molar-refractivity contribution is 5.62. The van der Waals surface area contributed by atoms with E-state index in [-0.39, 0.29) is 12.2 Å². The molecule has 1 aromatic carbocycles. The van der Waals surface area contributed by atoms with Crippen molar-refractivity contribution >= 4 is 0 Å². The van der Waals surface area contributed by atoms with Crippen molar-refractivity contribution in [1.82, 2.24) is 9.55 Å². The fraction of sp³-hybridized carbons (Fsp3) is 0.105. The monoisotopic (exact) mass is 355 g/mol. The van der Waals surface area contributed by atoms with E-state index >= 15 is 0 Å². The van der Waals surface area contributed by atoms with Gasteiger partial charge in [-0.2, -0.15) is 18.4 Å². The molecule has 0 fully saturated rings. The zero-order valence-corrected chi connectivity index (χ0v) is 13.4. The van der Waals surface area contributed by atoms with Crippen LogP contribution in [0.25, 0.3) is 11.3 Å². The van der Waals surface area contributed by atoms with Gasteiger partial charge in [-0.25, -0.2) is 0 Å². The van der Waals surface area contributed by atoms with Crippen LogP contribution < -0.4 is 5.56 Å². The Balaban J connectivity index is 2.31. The van der Waals surface area contributed by atoms with E-state index < -0.39 is 22.9 Å². The lowest BCUT2D eigenvalue weighted by Gasteiger charge is -2.17. The number of hydrogen-bond acceptors (Lipinski definition) is 3. The van der Waals surface area contributed by atoms with Crippen LogP contribution in [-0.4, -0.2) is 9.55 Å². The minimum Gasteiger partial charge on any atom is -0.303 e. The van der Waals surface area contributed by atoms with Crippen molar-refractivity contribution in [3.05, 3.63) is 88.0 Å². The summed E-state index contributed by atoms with van der Waals surface area (Å²) < 4.78 is 41.2. The number of alkyl halides is 3. The minimum atomic E-state index is -4.80. The largest absolute Gasteiger partial charge is 0.417 e. The molecule has 3 aromatic rings. The lowest BCUT2D eigenvalue weighted by atomic mass is 10.0. The summed E-state index contributed by atoms with van der Waals surface area (Å²) >= 11 is 0. The average Bonchev–Trinajstić information content (AvgIpc) is 2.63. The van der Waals surface area contributed by atoms with Gasteiger partial charge in [0.05, 0.1) is 17.8 Å². The van der Waals surface area contributed by atoms with Gasteiger partial charge in [0, 0.05) is 12.4 Å². The molecule has 2 aromatic heterocycles. The molecular formula is C19H12F3N3O. The van der Waals surface area contributed by atoms with E-state index in [1.54, 1.807) is 48.7 Å². The van der Waals surface area contributed by atoms with Gasteiger partial charge in [0.15, 0.2) is 0 Å². The van der Waals surface area contributed by atoms with Gasteiger partial charge in [-0.15, -0.1) is 0 Å². The maximum Gasteiger partial charge on any atom is 0.417 e. The molecule has 0 saturated carbocycles. The van der Waals surface area contributed by atoms with Crippen molar-refractivity contribution in [2.45, 2.75) is 12.7 Å². The van der Waals surface area contributed by atoms with Crippen LogP contribution >= 0.6 is 0 Å². The van der Waals surface area contributed by atoms with E-state index in [4.69, 9.17) is 5.26 Å². The summed E-state index contributed by atoms with van der Waals surface area (Å²) in [6.45, 7) is 0.00369. The van der Waals surface area contributed by atoms with Crippen molar-refractivity contribution in [3.8, 4) is 17.3 Å². The Bertz CT molecular complexity index is 1020. The number of nitriles is 1. The molecule has 130 valence electrons. The first-order valence-electron chi connectivity index (χ1n) is 7.61. The Hall–Kier alpha value is -3.40. The topological polar surface area (TPSA) is 58.7 Å². The molecule has 3 rings (SSSR count). The Morgan fingerprint density at radius 3 is 2.42 bits per heavy atom. The molecule has 0 aliphatic carbocycles. The molecule has 0 spiro atoms. The fourth-order valence-electron chi connectivity index (χ4n) is 2.66. The lowest BCUT2D eigenvalue weighted by Crippen LogP contribution is -2.28. The van der Waals surface area contributed by atoms with Gasteiger partial charge in [0.1, 0.15) is 11.6 Å². The third kappa shape index (κ3) is 3.35. The second-order valence-electron chi connectivity index (χ2n) is 5.55. The second kappa shape index (κ2) is 6.84. The van der Waals surface area contributed by atoms with Gasteiger partial charge >= 0.3 is 6.18 Å². The summed E-state index contributed by atoms with van der Waals surface area (Å²) in [5, 5.41) is 9.14. The molecule has 0 saturated heterocycles. The zero-order chi connectivity index (χ0) is 18.7. The maximum absolute atomic E-state index is 13.4. The van der Waals surface area contributed by atoms with E-state index in [2.05, 4.69) is 4.98 Å². The van der Waals surface area contributed by atoms with E-state index in [9.17, 15) is 18.0 Å². The first-order chi connectivity index (χ1) is 12.4. The molecule has 0 unspecified atom stereocenters. The molecule has 0 N–H and O–H groups in total.